The summed E-state index contributed by atoms with van der Waals surface area (Å²) in [6, 6.07) is 15.3. The highest BCUT2D eigenvalue weighted by atomic mass is 35.5. The maximum absolute atomic E-state index is 13.4. The summed E-state index contributed by atoms with van der Waals surface area (Å²) >= 11 is 5.86. The Bertz CT molecular complexity index is 1260. The number of hydrogen-bond acceptors (Lipinski definition) is 2. The fourth-order valence-corrected chi connectivity index (χ4v) is 3.45. The number of alkyl halides is 6. The van der Waals surface area contributed by atoms with Gasteiger partial charge in [-0.1, -0.05) is 54.1 Å². The summed E-state index contributed by atoms with van der Waals surface area (Å²) in [4.78, 5) is 18.2. The third-order valence-electron chi connectivity index (χ3n) is 4.90. The molecule has 0 N–H and O–H groups in total. The first-order chi connectivity index (χ1) is 15.9. The van der Waals surface area contributed by atoms with E-state index < -0.39 is 35.1 Å². The lowest BCUT2D eigenvalue weighted by Crippen LogP contribution is -2.33. The molecule has 3 aromatic carbocycles. The number of anilines is 1. The maximum atomic E-state index is 13.4. The molecule has 174 valence electrons. The number of carbonyl (C=O) groups excluding carboxylic acids is 1. The Morgan fingerprint density at radius 1 is 0.794 bits per heavy atom. The van der Waals surface area contributed by atoms with Gasteiger partial charge in [-0.15, -0.1) is 0 Å². The molecule has 1 heterocycles. The van der Waals surface area contributed by atoms with E-state index in [0.717, 1.165) is 4.90 Å². The molecule has 0 saturated heterocycles. The second kappa shape index (κ2) is 8.64. The molecule has 1 amide bonds. The normalized spacial score (nSPS) is 15.7. The lowest BCUT2D eigenvalue weighted by molar-refractivity contribution is -0.143. The van der Waals surface area contributed by atoms with E-state index in [1.807, 2.05) is 0 Å². The average molecular weight is 495 g/mol. The van der Waals surface area contributed by atoms with Crippen LogP contribution in [0.4, 0.5) is 32.0 Å². The fraction of sp³-hybridized carbons (Fsp3) is 0.0833. The summed E-state index contributed by atoms with van der Waals surface area (Å²) in [5, 5.41) is 0.443. The summed E-state index contributed by atoms with van der Waals surface area (Å²) in [5.74, 6) is -0.973. The molecule has 4 rings (SSSR count). The predicted octanol–water partition coefficient (Wildman–Crippen LogP) is 7.21. The molecule has 0 aliphatic carbocycles. The minimum Gasteiger partial charge on any atom is -0.266 e. The molecule has 0 saturated carbocycles. The third-order valence-corrected chi connectivity index (χ3v) is 5.15. The Morgan fingerprint density at radius 3 is 1.88 bits per heavy atom. The second-order valence-electron chi connectivity index (χ2n) is 7.29. The van der Waals surface area contributed by atoms with E-state index in [1.54, 1.807) is 54.6 Å². The predicted molar refractivity (Wildman–Crippen MR) is 116 cm³/mol. The van der Waals surface area contributed by atoms with E-state index in [4.69, 9.17) is 11.6 Å². The number of benzene rings is 3. The Balaban J connectivity index is 1.90. The molecule has 0 bridgehead atoms. The largest absolute Gasteiger partial charge is 0.416 e. The number of halogens is 7. The van der Waals surface area contributed by atoms with E-state index >= 15 is 0 Å². The van der Waals surface area contributed by atoms with Crippen LogP contribution in [-0.2, 0) is 17.1 Å². The Labute approximate surface area is 194 Å². The van der Waals surface area contributed by atoms with Crippen LogP contribution in [0.15, 0.2) is 83.5 Å². The van der Waals surface area contributed by atoms with Crippen molar-refractivity contribution in [2.75, 3.05) is 4.90 Å². The van der Waals surface area contributed by atoms with Crippen LogP contribution in [0, 0.1) is 0 Å². The number of amidine groups is 1. The number of aliphatic imine (C=N–C) groups is 1. The van der Waals surface area contributed by atoms with Crippen molar-refractivity contribution in [1.82, 2.24) is 0 Å². The van der Waals surface area contributed by atoms with Crippen molar-refractivity contribution in [3.63, 3.8) is 0 Å². The van der Waals surface area contributed by atoms with Gasteiger partial charge in [-0.2, -0.15) is 26.3 Å². The van der Waals surface area contributed by atoms with E-state index in [0.29, 0.717) is 28.3 Å². The van der Waals surface area contributed by atoms with Crippen molar-refractivity contribution in [2.24, 2.45) is 4.99 Å². The van der Waals surface area contributed by atoms with Crippen molar-refractivity contribution in [2.45, 2.75) is 12.4 Å². The Hall–Kier alpha value is -3.59. The van der Waals surface area contributed by atoms with E-state index in [1.165, 1.54) is 6.08 Å². The van der Waals surface area contributed by atoms with Crippen molar-refractivity contribution >= 4 is 35.1 Å². The summed E-state index contributed by atoms with van der Waals surface area (Å²) in [5.41, 5.74) is -2.98. The standard InChI is InChI=1S/C24H13ClF6N2O/c25-18-8-6-14(7-9-18)10-20-22(34)33(21(32-20)15-4-2-1-3-5-15)19-12-16(23(26,27)28)11-17(13-19)24(29,30)31/h1-13H/b20-10-. The first kappa shape index (κ1) is 23.6. The fourth-order valence-electron chi connectivity index (χ4n) is 3.32. The molecule has 3 nitrogen and oxygen atoms in total. The lowest BCUT2D eigenvalue weighted by Gasteiger charge is -2.22. The summed E-state index contributed by atoms with van der Waals surface area (Å²) in [7, 11) is 0. The van der Waals surface area contributed by atoms with Gasteiger partial charge in [-0.05, 0) is 42.0 Å². The van der Waals surface area contributed by atoms with Gasteiger partial charge in [0.2, 0.25) is 0 Å². The van der Waals surface area contributed by atoms with E-state index in [-0.39, 0.29) is 17.6 Å². The monoisotopic (exact) mass is 494 g/mol. The van der Waals surface area contributed by atoms with Crippen molar-refractivity contribution < 1.29 is 31.1 Å². The Kier molecular flexibility index (Phi) is 5.99. The summed E-state index contributed by atoms with van der Waals surface area (Å²) < 4.78 is 80.5. The highest BCUT2D eigenvalue weighted by Crippen LogP contribution is 2.40. The van der Waals surface area contributed by atoms with Crippen molar-refractivity contribution in [1.29, 1.82) is 0 Å². The van der Waals surface area contributed by atoms with E-state index in [9.17, 15) is 31.1 Å². The van der Waals surface area contributed by atoms with Crippen LogP contribution in [0.1, 0.15) is 22.3 Å². The zero-order valence-electron chi connectivity index (χ0n) is 17.0. The first-order valence-corrected chi connectivity index (χ1v) is 10.1. The number of rotatable bonds is 3. The number of nitrogens with zero attached hydrogens (tertiary/aromatic N) is 2. The van der Waals surface area contributed by atoms with Crippen LogP contribution in [-0.4, -0.2) is 11.7 Å². The van der Waals surface area contributed by atoms with Crippen LogP contribution in [0.5, 0.6) is 0 Å². The Morgan fingerprint density at radius 2 is 1.35 bits per heavy atom. The highest BCUT2D eigenvalue weighted by Gasteiger charge is 2.40. The van der Waals surface area contributed by atoms with Gasteiger partial charge in [-0.3, -0.25) is 9.69 Å². The van der Waals surface area contributed by atoms with Gasteiger partial charge in [0.15, 0.2) is 0 Å². The quantitative estimate of drug-likeness (QED) is 0.280. The van der Waals surface area contributed by atoms with Crippen molar-refractivity contribution in [3.8, 4) is 0 Å². The van der Waals surface area contributed by atoms with Gasteiger partial charge in [0, 0.05) is 10.6 Å². The molecule has 0 spiro atoms. The van der Waals surface area contributed by atoms with Crippen LogP contribution >= 0.6 is 11.6 Å². The lowest BCUT2D eigenvalue weighted by atomic mass is 10.1. The topological polar surface area (TPSA) is 32.7 Å². The zero-order chi connectivity index (χ0) is 24.7. The first-order valence-electron chi connectivity index (χ1n) is 9.69. The van der Waals surface area contributed by atoms with Gasteiger partial charge in [0.25, 0.3) is 5.91 Å². The van der Waals surface area contributed by atoms with E-state index in [2.05, 4.69) is 4.99 Å². The van der Waals surface area contributed by atoms with Gasteiger partial charge >= 0.3 is 12.4 Å². The molecule has 0 atom stereocenters. The molecular weight excluding hydrogens is 482 g/mol. The van der Waals surface area contributed by atoms with Gasteiger partial charge < -0.3 is 0 Å². The zero-order valence-corrected chi connectivity index (χ0v) is 17.7. The molecule has 1 aliphatic heterocycles. The van der Waals surface area contributed by atoms with Crippen LogP contribution in [0.25, 0.3) is 6.08 Å². The molecule has 0 radical (unpaired) electrons. The molecule has 0 unspecified atom stereocenters. The summed E-state index contributed by atoms with van der Waals surface area (Å²) in [6.45, 7) is 0. The SMILES string of the molecule is O=C1/C(=C/c2ccc(Cl)cc2)N=C(c2ccccc2)N1c1cc(C(F)(F)F)cc(C(F)(F)F)c1. The van der Waals surface area contributed by atoms with Gasteiger partial charge in [0.05, 0.1) is 16.8 Å². The van der Waals surface area contributed by atoms with Crippen LogP contribution < -0.4 is 4.90 Å². The number of amides is 1. The van der Waals surface area contributed by atoms with Crippen LogP contribution in [0.3, 0.4) is 0 Å². The molecular formula is C24H13ClF6N2O. The highest BCUT2D eigenvalue weighted by molar-refractivity contribution is 6.33. The third kappa shape index (κ3) is 4.84. The number of carbonyl (C=O) groups is 1. The van der Waals surface area contributed by atoms with Gasteiger partial charge in [0.1, 0.15) is 11.5 Å². The minimum absolute atomic E-state index is 0.00778. The molecule has 1 aliphatic rings. The van der Waals surface area contributed by atoms with Crippen molar-refractivity contribution in [3.05, 3.63) is 106 Å². The second-order valence-corrected chi connectivity index (χ2v) is 7.72. The maximum Gasteiger partial charge on any atom is 0.416 e. The smallest absolute Gasteiger partial charge is 0.266 e. The minimum atomic E-state index is -5.06. The molecule has 10 heteroatoms. The summed E-state index contributed by atoms with van der Waals surface area (Å²) in [6.07, 6.45) is -8.75. The molecule has 34 heavy (non-hydrogen) atoms. The average Bonchev–Trinajstić information content (AvgIpc) is 3.10. The molecule has 0 aromatic heterocycles. The number of hydrogen-bond donors (Lipinski definition) is 0. The van der Waals surface area contributed by atoms with Gasteiger partial charge in [-0.25, -0.2) is 4.99 Å². The molecule has 3 aromatic rings. The van der Waals surface area contributed by atoms with Crippen LogP contribution in [0.2, 0.25) is 5.02 Å². The molecule has 0 fully saturated rings.